The molecule has 0 atom stereocenters. The summed E-state index contributed by atoms with van der Waals surface area (Å²) in [6.07, 6.45) is 4.82. The van der Waals surface area contributed by atoms with Crippen LogP contribution in [0.4, 0.5) is 5.69 Å². The van der Waals surface area contributed by atoms with Gasteiger partial charge < -0.3 is 14.3 Å². The molecule has 0 bridgehead atoms. The van der Waals surface area contributed by atoms with Crippen molar-refractivity contribution in [2.75, 3.05) is 18.5 Å². The Balaban J connectivity index is 1.59. The van der Waals surface area contributed by atoms with Crippen molar-refractivity contribution in [3.8, 4) is 0 Å². The maximum Gasteiger partial charge on any atom is 0.246 e. The van der Waals surface area contributed by atoms with Crippen LogP contribution in [-0.4, -0.2) is 35.5 Å². The SMILES string of the molecule is Cc1cc(CN(C)C(=O)/C=C/c2ccc(N3CCCC3=O)cc2)no1. The van der Waals surface area contributed by atoms with Gasteiger partial charge in [-0.25, -0.2) is 0 Å². The lowest BCUT2D eigenvalue weighted by Crippen LogP contribution is -2.24. The monoisotopic (exact) mass is 339 g/mol. The van der Waals surface area contributed by atoms with Gasteiger partial charge in [0.2, 0.25) is 11.8 Å². The van der Waals surface area contributed by atoms with Crippen LogP contribution in [0.25, 0.3) is 6.08 Å². The number of benzene rings is 1. The Morgan fingerprint density at radius 2 is 2.12 bits per heavy atom. The average Bonchev–Trinajstić information content (AvgIpc) is 3.21. The van der Waals surface area contributed by atoms with E-state index in [0.717, 1.165) is 35.7 Å². The summed E-state index contributed by atoms with van der Waals surface area (Å²) in [5.41, 5.74) is 2.54. The van der Waals surface area contributed by atoms with Crippen LogP contribution in [0.2, 0.25) is 0 Å². The highest BCUT2D eigenvalue weighted by Crippen LogP contribution is 2.21. The predicted octanol–water partition coefficient (Wildman–Crippen LogP) is 2.78. The number of amides is 2. The minimum atomic E-state index is -0.112. The second-order valence-corrected chi connectivity index (χ2v) is 6.20. The maximum absolute atomic E-state index is 12.2. The number of carbonyl (C=O) groups excluding carboxylic acids is 2. The molecule has 2 amide bonds. The molecule has 1 aliphatic heterocycles. The molecule has 2 aromatic rings. The van der Waals surface area contributed by atoms with Crippen molar-refractivity contribution >= 4 is 23.6 Å². The maximum atomic E-state index is 12.2. The molecular weight excluding hydrogens is 318 g/mol. The summed E-state index contributed by atoms with van der Waals surface area (Å²) in [6.45, 7) is 2.99. The van der Waals surface area contributed by atoms with Gasteiger partial charge in [0.25, 0.3) is 0 Å². The lowest BCUT2D eigenvalue weighted by molar-refractivity contribution is -0.125. The number of aromatic nitrogens is 1. The highest BCUT2D eigenvalue weighted by atomic mass is 16.5. The van der Waals surface area contributed by atoms with E-state index in [1.807, 2.05) is 37.3 Å². The third-order valence-corrected chi connectivity index (χ3v) is 4.15. The minimum Gasteiger partial charge on any atom is -0.361 e. The van der Waals surface area contributed by atoms with Gasteiger partial charge >= 0.3 is 0 Å². The topological polar surface area (TPSA) is 66.7 Å². The van der Waals surface area contributed by atoms with Crippen LogP contribution in [0.15, 0.2) is 40.9 Å². The fraction of sp³-hybridized carbons (Fsp3) is 0.316. The van der Waals surface area contributed by atoms with Crippen molar-refractivity contribution in [2.24, 2.45) is 0 Å². The fourth-order valence-electron chi connectivity index (χ4n) is 2.79. The smallest absolute Gasteiger partial charge is 0.246 e. The van der Waals surface area contributed by atoms with E-state index in [-0.39, 0.29) is 11.8 Å². The van der Waals surface area contributed by atoms with Crippen molar-refractivity contribution in [1.82, 2.24) is 10.1 Å². The molecule has 0 aliphatic carbocycles. The summed E-state index contributed by atoms with van der Waals surface area (Å²) in [5.74, 6) is 0.783. The zero-order chi connectivity index (χ0) is 17.8. The molecule has 2 heterocycles. The summed E-state index contributed by atoms with van der Waals surface area (Å²) < 4.78 is 5.00. The van der Waals surface area contributed by atoms with E-state index in [1.165, 1.54) is 6.08 Å². The van der Waals surface area contributed by atoms with Crippen LogP contribution >= 0.6 is 0 Å². The lowest BCUT2D eigenvalue weighted by atomic mass is 10.2. The summed E-state index contributed by atoms with van der Waals surface area (Å²) in [4.78, 5) is 27.3. The molecule has 6 heteroatoms. The van der Waals surface area contributed by atoms with Crippen molar-refractivity contribution in [1.29, 1.82) is 0 Å². The third-order valence-electron chi connectivity index (χ3n) is 4.15. The molecule has 1 aliphatic rings. The number of likely N-dealkylation sites (N-methyl/N-ethyl adjacent to an activating group) is 1. The molecule has 130 valence electrons. The zero-order valence-corrected chi connectivity index (χ0v) is 14.4. The van der Waals surface area contributed by atoms with Crippen LogP contribution in [0.1, 0.15) is 29.9 Å². The van der Waals surface area contributed by atoms with Gasteiger partial charge in [-0.05, 0) is 37.1 Å². The Labute approximate surface area is 146 Å². The standard InChI is InChI=1S/C19H21N3O3/c1-14-12-16(20-25-14)13-21(2)18(23)10-7-15-5-8-17(9-6-15)22-11-3-4-19(22)24/h5-10,12H,3-4,11,13H2,1-2H3/b10-7+. The second kappa shape index (κ2) is 7.34. The summed E-state index contributed by atoms with van der Waals surface area (Å²) in [7, 11) is 1.72. The molecule has 25 heavy (non-hydrogen) atoms. The molecule has 0 saturated carbocycles. The van der Waals surface area contributed by atoms with Crippen LogP contribution in [0.5, 0.6) is 0 Å². The highest BCUT2D eigenvalue weighted by Gasteiger charge is 2.21. The number of aryl methyl sites for hydroxylation is 1. The van der Waals surface area contributed by atoms with E-state index in [0.29, 0.717) is 13.0 Å². The predicted molar refractivity (Wildman–Crippen MR) is 94.8 cm³/mol. The molecule has 1 aromatic heterocycles. The van der Waals surface area contributed by atoms with Gasteiger partial charge in [-0.3, -0.25) is 9.59 Å². The van der Waals surface area contributed by atoms with E-state index in [4.69, 9.17) is 4.52 Å². The summed E-state index contributed by atoms with van der Waals surface area (Å²) >= 11 is 0. The zero-order valence-electron chi connectivity index (χ0n) is 14.4. The minimum absolute atomic E-state index is 0.112. The molecule has 0 unspecified atom stereocenters. The molecule has 6 nitrogen and oxygen atoms in total. The Bertz CT molecular complexity index is 793. The second-order valence-electron chi connectivity index (χ2n) is 6.20. The summed E-state index contributed by atoms with van der Waals surface area (Å²) in [6, 6.07) is 9.45. The van der Waals surface area contributed by atoms with E-state index in [2.05, 4.69) is 5.16 Å². The molecular formula is C19H21N3O3. The lowest BCUT2D eigenvalue weighted by Gasteiger charge is -2.15. The van der Waals surface area contributed by atoms with Gasteiger partial charge in [0.05, 0.1) is 6.54 Å². The van der Waals surface area contributed by atoms with E-state index < -0.39 is 0 Å². The molecule has 0 radical (unpaired) electrons. The number of carbonyl (C=O) groups is 2. The number of rotatable bonds is 5. The molecule has 3 rings (SSSR count). The molecule has 1 saturated heterocycles. The Hall–Kier alpha value is -2.89. The van der Waals surface area contributed by atoms with Gasteiger partial charge in [-0.15, -0.1) is 0 Å². The Morgan fingerprint density at radius 3 is 2.72 bits per heavy atom. The first-order chi connectivity index (χ1) is 12.0. The van der Waals surface area contributed by atoms with E-state index >= 15 is 0 Å². The first-order valence-electron chi connectivity index (χ1n) is 8.29. The van der Waals surface area contributed by atoms with Crippen molar-refractivity contribution < 1.29 is 14.1 Å². The van der Waals surface area contributed by atoms with Gasteiger partial charge in [0.15, 0.2) is 0 Å². The number of nitrogens with zero attached hydrogens (tertiary/aromatic N) is 3. The Kier molecular flexibility index (Phi) is 4.97. The first-order valence-corrected chi connectivity index (χ1v) is 8.29. The molecule has 1 aromatic carbocycles. The van der Waals surface area contributed by atoms with Crippen molar-refractivity contribution in [3.63, 3.8) is 0 Å². The van der Waals surface area contributed by atoms with Crippen LogP contribution in [0, 0.1) is 6.92 Å². The van der Waals surface area contributed by atoms with Crippen molar-refractivity contribution in [2.45, 2.75) is 26.3 Å². The average molecular weight is 339 g/mol. The largest absolute Gasteiger partial charge is 0.361 e. The molecule has 0 N–H and O–H groups in total. The quantitative estimate of drug-likeness (QED) is 0.786. The first kappa shape index (κ1) is 17.0. The third kappa shape index (κ3) is 4.15. The molecule has 1 fully saturated rings. The van der Waals surface area contributed by atoms with Crippen molar-refractivity contribution in [3.05, 3.63) is 53.4 Å². The van der Waals surface area contributed by atoms with Crippen LogP contribution in [0.3, 0.4) is 0 Å². The van der Waals surface area contributed by atoms with Gasteiger partial charge in [0, 0.05) is 37.8 Å². The summed E-state index contributed by atoms with van der Waals surface area (Å²) in [5, 5.41) is 3.88. The normalized spacial score (nSPS) is 14.5. The number of hydrogen-bond acceptors (Lipinski definition) is 4. The van der Waals surface area contributed by atoms with E-state index in [9.17, 15) is 9.59 Å². The van der Waals surface area contributed by atoms with Gasteiger partial charge in [0.1, 0.15) is 11.5 Å². The number of anilines is 1. The van der Waals surface area contributed by atoms with Crippen LogP contribution < -0.4 is 4.90 Å². The van der Waals surface area contributed by atoms with Crippen LogP contribution in [-0.2, 0) is 16.1 Å². The highest BCUT2D eigenvalue weighted by molar-refractivity contribution is 5.95. The Morgan fingerprint density at radius 1 is 1.36 bits per heavy atom. The number of hydrogen-bond donors (Lipinski definition) is 0. The van der Waals surface area contributed by atoms with Gasteiger partial charge in [-0.1, -0.05) is 17.3 Å². The van der Waals surface area contributed by atoms with Gasteiger partial charge in [-0.2, -0.15) is 0 Å². The molecule has 0 spiro atoms. The fourth-order valence-corrected chi connectivity index (χ4v) is 2.79. The van der Waals surface area contributed by atoms with E-state index in [1.54, 1.807) is 22.9 Å².